The molecule has 1 saturated heterocycles. The van der Waals surface area contributed by atoms with Gasteiger partial charge in [0.2, 0.25) is 0 Å². The van der Waals surface area contributed by atoms with Crippen molar-refractivity contribution < 1.29 is 9.59 Å². The molecule has 2 rings (SSSR count). The largest absolute Gasteiger partial charge is 0.346 e. The number of nitrogens with zero attached hydrogens (tertiary/aromatic N) is 2. The number of benzene rings is 1. The van der Waals surface area contributed by atoms with Gasteiger partial charge in [0.25, 0.3) is 5.91 Å². The van der Waals surface area contributed by atoms with E-state index in [9.17, 15) is 9.59 Å². The molecule has 6 heteroatoms. The van der Waals surface area contributed by atoms with Gasteiger partial charge in [0.15, 0.2) is 0 Å². The van der Waals surface area contributed by atoms with E-state index < -0.39 is 11.6 Å². The van der Waals surface area contributed by atoms with E-state index in [4.69, 9.17) is 11.6 Å². The summed E-state index contributed by atoms with van der Waals surface area (Å²) < 4.78 is 0. The molecule has 0 saturated carbocycles. The molecule has 1 fully saturated rings. The molecule has 0 spiro atoms. The second-order valence-corrected chi connectivity index (χ2v) is 4.97. The predicted molar refractivity (Wildman–Crippen MR) is 73.1 cm³/mol. The van der Waals surface area contributed by atoms with Gasteiger partial charge in [-0.05, 0) is 31.0 Å². The van der Waals surface area contributed by atoms with Crippen LogP contribution in [0.5, 0.6) is 0 Å². The first-order chi connectivity index (χ1) is 8.96. The Morgan fingerprint density at radius 3 is 2.53 bits per heavy atom. The van der Waals surface area contributed by atoms with Crippen LogP contribution in [-0.4, -0.2) is 28.7 Å². The molecule has 0 aliphatic carbocycles. The Kier molecular flexibility index (Phi) is 3.57. The summed E-state index contributed by atoms with van der Waals surface area (Å²) in [6, 6.07) is 6.43. The predicted octanol–water partition coefficient (Wildman–Crippen LogP) is 2.39. The number of amides is 3. The van der Waals surface area contributed by atoms with E-state index in [1.54, 1.807) is 31.2 Å². The lowest BCUT2D eigenvalue weighted by atomic mass is 10.00. The van der Waals surface area contributed by atoms with Crippen LogP contribution >= 0.6 is 11.6 Å². The van der Waals surface area contributed by atoms with E-state index in [0.29, 0.717) is 11.4 Å². The lowest BCUT2D eigenvalue weighted by Crippen LogP contribution is -2.42. The van der Waals surface area contributed by atoms with E-state index in [-0.39, 0.29) is 5.91 Å². The number of carbonyl (C=O) groups is 2. The molecule has 1 aliphatic rings. The van der Waals surface area contributed by atoms with Crippen LogP contribution in [0.15, 0.2) is 29.4 Å². The lowest BCUT2D eigenvalue weighted by molar-refractivity contribution is -0.130. The van der Waals surface area contributed by atoms with Gasteiger partial charge in [-0.2, -0.15) is 5.10 Å². The first-order valence-electron chi connectivity index (χ1n) is 5.92. The van der Waals surface area contributed by atoms with Gasteiger partial charge in [-0.25, -0.2) is 4.79 Å². The Balaban J connectivity index is 2.17. The zero-order valence-electron chi connectivity index (χ0n) is 10.7. The topological polar surface area (TPSA) is 61.8 Å². The summed E-state index contributed by atoms with van der Waals surface area (Å²) in [5, 5.41) is 8.04. The number of imide groups is 1. The highest BCUT2D eigenvalue weighted by Gasteiger charge is 2.46. The Bertz CT molecular complexity index is 541. The molecule has 0 unspecified atom stereocenters. The number of urea groups is 1. The van der Waals surface area contributed by atoms with Crippen LogP contribution in [0.1, 0.15) is 25.8 Å². The summed E-state index contributed by atoms with van der Waals surface area (Å²) in [5.74, 6) is -0.342. The number of hydrogen-bond acceptors (Lipinski definition) is 3. The summed E-state index contributed by atoms with van der Waals surface area (Å²) in [6.07, 6.45) is 1.97. The monoisotopic (exact) mass is 279 g/mol. The van der Waals surface area contributed by atoms with Crippen LogP contribution in [0.25, 0.3) is 0 Å². The number of rotatable bonds is 3. The molecule has 1 aromatic carbocycles. The van der Waals surface area contributed by atoms with E-state index in [2.05, 4.69) is 10.4 Å². The van der Waals surface area contributed by atoms with Crippen molar-refractivity contribution in [1.29, 1.82) is 0 Å². The number of hydrogen-bond donors (Lipinski definition) is 1. The second-order valence-electron chi connectivity index (χ2n) is 4.53. The minimum Gasteiger partial charge on any atom is -0.322 e. The molecule has 19 heavy (non-hydrogen) atoms. The highest BCUT2D eigenvalue weighted by molar-refractivity contribution is 6.30. The van der Waals surface area contributed by atoms with Crippen LogP contribution in [0.3, 0.4) is 0 Å². The van der Waals surface area contributed by atoms with Gasteiger partial charge >= 0.3 is 6.03 Å². The summed E-state index contributed by atoms with van der Waals surface area (Å²) in [6.45, 7) is 3.52. The van der Waals surface area contributed by atoms with Crippen molar-refractivity contribution in [3.63, 3.8) is 0 Å². The molecule has 1 atom stereocenters. The Labute approximate surface area is 116 Å². The summed E-state index contributed by atoms with van der Waals surface area (Å²) in [4.78, 5) is 23.7. The molecule has 5 nitrogen and oxygen atoms in total. The smallest absolute Gasteiger partial charge is 0.322 e. The SMILES string of the molecule is CC[C@@]1(C)NC(=O)N(/N=C\c2ccc(Cl)cc2)C1=O. The quantitative estimate of drug-likeness (QED) is 0.682. The molecule has 0 bridgehead atoms. The van der Waals surface area contributed by atoms with Crippen molar-refractivity contribution in [1.82, 2.24) is 10.3 Å². The molecule has 1 aliphatic heterocycles. The van der Waals surface area contributed by atoms with Crippen molar-refractivity contribution >= 4 is 29.8 Å². The number of halogens is 1. The van der Waals surface area contributed by atoms with Crippen molar-refractivity contribution in [3.8, 4) is 0 Å². The molecular formula is C13H14ClN3O2. The van der Waals surface area contributed by atoms with Gasteiger partial charge in [-0.15, -0.1) is 5.01 Å². The third-order valence-electron chi connectivity index (χ3n) is 3.14. The highest BCUT2D eigenvalue weighted by atomic mass is 35.5. The van der Waals surface area contributed by atoms with Gasteiger partial charge in [0.1, 0.15) is 5.54 Å². The summed E-state index contributed by atoms with van der Waals surface area (Å²) >= 11 is 5.77. The Morgan fingerprint density at radius 2 is 2.00 bits per heavy atom. The van der Waals surface area contributed by atoms with Crippen LogP contribution in [0.2, 0.25) is 5.02 Å². The Hall–Kier alpha value is -1.88. The molecule has 1 aromatic rings. The zero-order valence-corrected chi connectivity index (χ0v) is 11.4. The zero-order chi connectivity index (χ0) is 14.0. The van der Waals surface area contributed by atoms with Gasteiger partial charge in [-0.3, -0.25) is 4.79 Å². The van der Waals surface area contributed by atoms with E-state index >= 15 is 0 Å². The average molecular weight is 280 g/mol. The molecule has 100 valence electrons. The van der Waals surface area contributed by atoms with Gasteiger partial charge in [-0.1, -0.05) is 30.7 Å². The summed E-state index contributed by atoms with van der Waals surface area (Å²) in [7, 11) is 0. The van der Waals surface area contributed by atoms with Gasteiger partial charge in [0.05, 0.1) is 6.21 Å². The third-order valence-corrected chi connectivity index (χ3v) is 3.39. The fourth-order valence-electron chi connectivity index (χ4n) is 1.69. The van der Waals surface area contributed by atoms with Crippen molar-refractivity contribution in [2.24, 2.45) is 5.10 Å². The van der Waals surface area contributed by atoms with Crippen LogP contribution in [0.4, 0.5) is 4.79 Å². The first-order valence-corrected chi connectivity index (χ1v) is 6.30. The number of hydrazone groups is 1. The van der Waals surface area contributed by atoms with Crippen molar-refractivity contribution in [2.75, 3.05) is 0 Å². The van der Waals surface area contributed by atoms with Crippen molar-refractivity contribution in [3.05, 3.63) is 34.9 Å². The van der Waals surface area contributed by atoms with E-state index in [0.717, 1.165) is 10.6 Å². The maximum atomic E-state index is 12.1. The fourth-order valence-corrected chi connectivity index (χ4v) is 1.81. The normalized spacial score (nSPS) is 23.2. The third kappa shape index (κ3) is 2.61. The van der Waals surface area contributed by atoms with Crippen molar-refractivity contribution in [2.45, 2.75) is 25.8 Å². The molecule has 3 amide bonds. The first kappa shape index (κ1) is 13.5. The fraction of sp³-hybridized carbons (Fsp3) is 0.308. The van der Waals surface area contributed by atoms with Crippen LogP contribution in [-0.2, 0) is 4.79 Å². The minimum atomic E-state index is -0.867. The average Bonchev–Trinajstić information content (AvgIpc) is 2.61. The molecule has 1 heterocycles. The Morgan fingerprint density at radius 1 is 1.37 bits per heavy atom. The molecule has 1 N–H and O–H groups in total. The van der Waals surface area contributed by atoms with Crippen LogP contribution < -0.4 is 5.32 Å². The molecule has 0 radical (unpaired) electrons. The van der Waals surface area contributed by atoms with Gasteiger partial charge in [0, 0.05) is 5.02 Å². The summed E-state index contributed by atoms with van der Waals surface area (Å²) in [5.41, 5.74) is -0.107. The number of carbonyl (C=O) groups excluding carboxylic acids is 2. The van der Waals surface area contributed by atoms with E-state index in [1.807, 2.05) is 6.92 Å². The lowest BCUT2D eigenvalue weighted by Gasteiger charge is -2.17. The second kappa shape index (κ2) is 5.01. The standard InChI is InChI=1S/C13H14ClN3O2/c1-3-13(2)11(18)17(12(19)16-13)15-8-9-4-6-10(14)7-5-9/h4-8H,3H2,1-2H3,(H,16,19)/b15-8-/t13-/m1/s1. The van der Waals surface area contributed by atoms with Gasteiger partial charge < -0.3 is 5.32 Å². The van der Waals surface area contributed by atoms with Crippen LogP contribution in [0, 0.1) is 0 Å². The highest BCUT2D eigenvalue weighted by Crippen LogP contribution is 2.20. The maximum Gasteiger partial charge on any atom is 0.346 e. The van der Waals surface area contributed by atoms with E-state index in [1.165, 1.54) is 6.21 Å². The number of nitrogens with one attached hydrogen (secondary N) is 1. The molecule has 0 aromatic heterocycles. The maximum absolute atomic E-state index is 12.1. The minimum absolute atomic E-state index is 0.342. The molecular weight excluding hydrogens is 266 g/mol.